The van der Waals surface area contributed by atoms with Crippen LogP contribution in [0.15, 0.2) is 11.0 Å². The Morgan fingerprint density at radius 1 is 1.25 bits per heavy atom. The summed E-state index contributed by atoms with van der Waals surface area (Å²) in [6.07, 6.45) is -5.38. The number of phosphoric acid groups is 3. The van der Waals surface area contributed by atoms with Crippen LogP contribution in [0.4, 0.5) is 14.6 Å². The number of hydrogen-bond acceptors (Lipinski definition) is 11. The van der Waals surface area contributed by atoms with Crippen molar-refractivity contribution in [3.05, 3.63) is 22.5 Å². The molecule has 0 radical (unpaired) electrons. The maximum Gasteiger partial charge on any atom is 0.490 e. The van der Waals surface area contributed by atoms with Crippen molar-refractivity contribution in [1.29, 1.82) is 0 Å². The number of nitrogen functional groups attached to an aromatic ring is 1. The molecule has 16 nitrogen and oxygen atoms in total. The molecule has 32 heavy (non-hydrogen) atoms. The minimum atomic E-state index is -5.82. The van der Waals surface area contributed by atoms with Gasteiger partial charge in [0.05, 0.1) is 12.8 Å². The predicted molar refractivity (Wildman–Crippen MR) is 97.2 cm³/mol. The molecule has 1 fully saturated rings. The lowest BCUT2D eigenvalue weighted by molar-refractivity contribution is -0.0469. The third-order valence-electron chi connectivity index (χ3n) is 3.77. The Bertz CT molecular complexity index is 1070. The van der Waals surface area contributed by atoms with Crippen molar-refractivity contribution >= 4 is 40.9 Å². The van der Waals surface area contributed by atoms with Crippen LogP contribution in [-0.2, 0) is 31.6 Å². The van der Waals surface area contributed by atoms with Crippen LogP contribution in [0.25, 0.3) is 0 Å². The maximum absolute atomic E-state index is 13.7. The van der Waals surface area contributed by atoms with Crippen LogP contribution in [0.3, 0.4) is 0 Å². The van der Waals surface area contributed by atoms with Crippen molar-refractivity contribution in [2.24, 2.45) is 0 Å². The van der Waals surface area contributed by atoms with Crippen LogP contribution in [0.2, 0.25) is 0 Å². The Labute approximate surface area is 180 Å². The Morgan fingerprint density at radius 3 is 2.38 bits per heavy atom. The van der Waals surface area contributed by atoms with E-state index in [0.717, 1.165) is 0 Å². The molecule has 1 saturated heterocycles. The highest BCUT2D eigenvalue weighted by atomic mass is 35.5. The first-order chi connectivity index (χ1) is 14.4. The van der Waals surface area contributed by atoms with Crippen molar-refractivity contribution in [2.75, 3.05) is 19.0 Å². The Balaban J connectivity index is 2.21. The fraction of sp³-hybridized carbons (Fsp3) is 0.600. The number of halogens is 3. The molecule has 2 heterocycles. The van der Waals surface area contributed by atoms with E-state index in [-0.39, 0.29) is 0 Å². The molecule has 0 amide bonds. The Hall–Kier alpha value is -0.840. The van der Waals surface area contributed by atoms with Crippen LogP contribution in [0.1, 0.15) is 6.23 Å². The molecule has 0 aliphatic carbocycles. The van der Waals surface area contributed by atoms with E-state index < -0.39 is 77.4 Å². The zero-order valence-electron chi connectivity index (χ0n) is 15.2. The highest BCUT2D eigenvalue weighted by Gasteiger charge is 2.57. The van der Waals surface area contributed by atoms with Crippen molar-refractivity contribution in [2.45, 2.75) is 23.3 Å². The quantitative estimate of drug-likeness (QED) is 0.167. The van der Waals surface area contributed by atoms with Crippen LogP contribution in [0.5, 0.6) is 0 Å². The Morgan fingerprint density at radius 2 is 1.84 bits per heavy atom. The van der Waals surface area contributed by atoms with Crippen molar-refractivity contribution < 1.29 is 65.0 Å². The normalized spacial score (nSPS) is 30.1. The van der Waals surface area contributed by atoms with Gasteiger partial charge in [-0.2, -0.15) is 13.6 Å². The molecule has 0 aromatic carbocycles. The minimum absolute atomic E-state index is 0.353. The number of phosphoric ester groups is 1. The van der Waals surface area contributed by atoms with Crippen molar-refractivity contribution in [3.8, 4) is 0 Å². The predicted octanol–water partition coefficient (Wildman–Crippen LogP) is -0.487. The van der Waals surface area contributed by atoms with Gasteiger partial charge in [0.15, 0.2) is 17.9 Å². The molecule has 0 spiro atoms. The first kappa shape index (κ1) is 27.4. The summed E-state index contributed by atoms with van der Waals surface area (Å²) in [5.74, 6) is -2.02. The smallest absolute Gasteiger partial charge is 0.388 e. The number of ether oxygens (including phenoxy) is 1. The lowest BCUT2D eigenvalue weighted by Gasteiger charge is -2.27. The fourth-order valence-corrected chi connectivity index (χ4v) is 5.80. The SMILES string of the molecule is Nc1nc(=O)n([C@@H]2O[C@H](COP(=O)(O)OP(=O)(O)OP(=O)(O)O)[C@H](O)C2(Cl)CF)cc1F. The van der Waals surface area contributed by atoms with Gasteiger partial charge < -0.3 is 35.2 Å². The van der Waals surface area contributed by atoms with E-state index in [9.17, 15) is 37.3 Å². The molecule has 6 atom stereocenters. The fourth-order valence-electron chi connectivity index (χ4n) is 2.48. The summed E-state index contributed by atoms with van der Waals surface area (Å²) in [6, 6.07) is 0. The van der Waals surface area contributed by atoms with Crippen LogP contribution in [0, 0.1) is 5.82 Å². The van der Waals surface area contributed by atoms with Gasteiger partial charge in [-0.15, -0.1) is 11.6 Å². The highest BCUT2D eigenvalue weighted by molar-refractivity contribution is 7.66. The monoisotopic (exact) mass is 551 g/mol. The summed E-state index contributed by atoms with van der Waals surface area (Å²) in [5.41, 5.74) is 3.88. The number of rotatable bonds is 9. The number of hydrogen-bond donors (Lipinski definition) is 6. The van der Waals surface area contributed by atoms with Gasteiger partial charge in [0.1, 0.15) is 23.8 Å². The van der Waals surface area contributed by atoms with E-state index in [4.69, 9.17) is 36.8 Å². The minimum Gasteiger partial charge on any atom is -0.388 e. The number of aliphatic hydroxyl groups excluding tert-OH is 1. The number of anilines is 1. The van der Waals surface area contributed by atoms with Crippen LogP contribution < -0.4 is 11.4 Å². The molecule has 1 aromatic heterocycles. The molecular weight excluding hydrogens is 536 g/mol. The molecular formula is C10H15ClF2N3O13P3. The number of aliphatic hydroxyl groups is 1. The second-order valence-corrected chi connectivity index (χ2v) is 11.2. The number of alkyl halides is 2. The van der Waals surface area contributed by atoms with Gasteiger partial charge >= 0.3 is 29.2 Å². The van der Waals surface area contributed by atoms with E-state index >= 15 is 0 Å². The van der Waals surface area contributed by atoms with Gasteiger partial charge in [0, 0.05) is 0 Å². The Kier molecular flexibility index (Phi) is 8.07. The summed E-state index contributed by atoms with van der Waals surface area (Å²) < 4.78 is 77.8. The molecule has 1 aliphatic rings. The van der Waals surface area contributed by atoms with Gasteiger partial charge in [0.2, 0.25) is 0 Å². The number of nitrogens with two attached hydrogens (primary N) is 1. The first-order valence-electron chi connectivity index (χ1n) is 7.82. The van der Waals surface area contributed by atoms with Gasteiger partial charge in [-0.3, -0.25) is 9.09 Å². The maximum atomic E-state index is 13.7. The number of aromatic nitrogens is 2. The molecule has 1 aliphatic heterocycles. The first-order valence-corrected chi connectivity index (χ1v) is 12.7. The number of nitrogens with zero attached hydrogens (tertiary/aromatic N) is 2. The van der Waals surface area contributed by atoms with E-state index in [1.54, 1.807) is 0 Å². The van der Waals surface area contributed by atoms with Crippen LogP contribution in [-0.4, -0.2) is 64.6 Å². The van der Waals surface area contributed by atoms with Gasteiger partial charge in [0.25, 0.3) is 0 Å². The second-order valence-electron chi connectivity index (χ2n) is 6.08. The van der Waals surface area contributed by atoms with Gasteiger partial charge in [-0.05, 0) is 0 Å². The molecule has 2 rings (SSSR count). The van der Waals surface area contributed by atoms with E-state index in [1.807, 2.05) is 0 Å². The summed E-state index contributed by atoms with van der Waals surface area (Å²) in [4.78, 5) is 48.1. The zero-order valence-corrected chi connectivity index (χ0v) is 18.6. The average Bonchev–Trinajstić information content (AvgIpc) is 2.85. The largest absolute Gasteiger partial charge is 0.490 e. The lowest BCUT2D eigenvalue weighted by atomic mass is 10.00. The summed E-state index contributed by atoms with van der Waals surface area (Å²) >= 11 is 5.99. The van der Waals surface area contributed by atoms with E-state index in [0.29, 0.717) is 10.8 Å². The second kappa shape index (κ2) is 9.43. The molecule has 1 aromatic rings. The van der Waals surface area contributed by atoms with Crippen molar-refractivity contribution in [1.82, 2.24) is 9.55 Å². The zero-order chi connectivity index (χ0) is 24.7. The molecule has 7 N–H and O–H groups in total. The highest BCUT2D eigenvalue weighted by Crippen LogP contribution is 2.66. The third kappa shape index (κ3) is 6.39. The van der Waals surface area contributed by atoms with Crippen LogP contribution >= 0.6 is 35.1 Å². The standard InChI is InChI=1S/C10H15ClF2N3O13P3/c11-10(3-12)6(17)5(27-8(10)16-1-4(13)7(14)15-9(16)18)2-26-31(22,23)29-32(24,25)28-30(19,20)21/h1,5-6,8,17H,2-3H2,(H,22,23)(H,24,25)(H2,14,15,18)(H2,19,20,21)/t5-,6+,8-,10?/m1/s1. The molecule has 3 unspecified atom stereocenters. The summed E-state index contributed by atoms with van der Waals surface area (Å²) in [5, 5.41) is 10.3. The van der Waals surface area contributed by atoms with Crippen molar-refractivity contribution in [3.63, 3.8) is 0 Å². The van der Waals surface area contributed by atoms with E-state index in [2.05, 4.69) is 18.1 Å². The molecule has 0 saturated carbocycles. The third-order valence-corrected chi connectivity index (χ3v) is 8.08. The van der Waals surface area contributed by atoms with Gasteiger partial charge in [-0.1, -0.05) is 0 Å². The lowest BCUT2D eigenvalue weighted by Crippen LogP contribution is -2.46. The van der Waals surface area contributed by atoms with Gasteiger partial charge in [-0.25, -0.2) is 27.3 Å². The molecule has 22 heteroatoms. The average molecular weight is 552 g/mol. The topological polar surface area (TPSA) is 250 Å². The summed E-state index contributed by atoms with van der Waals surface area (Å²) in [6.45, 7) is -2.79. The van der Waals surface area contributed by atoms with E-state index in [1.165, 1.54) is 0 Å². The molecule has 184 valence electrons. The summed E-state index contributed by atoms with van der Waals surface area (Å²) in [7, 11) is -17.1. The molecule has 0 bridgehead atoms.